The summed E-state index contributed by atoms with van der Waals surface area (Å²) in [6.07, 6.45) is -4.31. The highest BCUT2D eigenvalue weighted by Crippen LogP contribution is 2.32. The highest BCUT2D eigenvalue weighted by molar-refractivity contribution is 5.83. The van der Waals surface area contributed by atoms with Gasteiger partial charge in [0, 0.05) is 44.1 Å². The molecule has 0 aliphatic carbocycles. The van der Waals surface area contributed by atoms with Gasteiger partial charge >= 0.3 is 6.36 Å². The molecule has 1 aliphatic heterocycles. The minimum absolute atomic E-state index is 0.0777. The lowest BCUT2D eigenvalue weighted by atomic mass is 9.85. The number of likely N-dealkylation sites (tertiary alicyclic amines) is 1. The van der Waals surface area contributed by atoms with E-state index in [1.54, 1.807) is 23.1 Å². The molecule has 10 heteroatoms. The molecule has 2 atom stereocenters. The van der Waals surface area contributed by atoms with Crippen molar-refractivity contribution < 1.29 is 31.9 Å². The van der Waals surface area contributed by atoms with Crippen LogP contribution in [0.5, 0.6) is 5.75 Å². The van der Waals surface area contributed by atoms with Gasteiger partial charge in [-0.15, -0.1) is 13.2 Å². The van der Waals surface area contributed by atoms with Crippen molar-refractivity contribution in [1.82, 2.24) is 15.5 Å². The van der Waals surface area contributed by atoms with Gasteiger partial charge in [0.2, 0.25) is 11.8 Å². The van der Waals surface area contributed by atoms with Crippen molar-refractivity contribution in [2.45, 2.75) is 38.2 Å². The number of amides is 2. The summed E-state index contributed by atoms with van der Waals surface area (Å²) < 4.78 is 57.1. The monoisotopic (exact) mass is 543 g/mol. The molecule has 0 unspecified atom stereocenters. The topological polar surface area (TPSA) is 70.7 Å². The summed E-state index contributed by atoms with van der Waals surface area (Å²) in [7, 11) is 0. The third kappa shape index (κ3) is 7.79. The summed E-state index contributed by atoms with van der Waals surface area (Å²) in [5, 5.41) is 5.92. The van der Waals surface area contributed by atoms with Crippen molar-refractivity contribution in [3.05, 3.63) is 89.7 Å². The molecule has 0 saturated carbocycles. The standard InChI is InChI=1S/C29H29F4N3O3/c1-19(37)34-17-28(38)36-14-13-26(25(18-36)21-5-3-2-4-6-21)35-16-23-15-22(20-7-10-24(30)11-8-20)9-12-27(23)39-29(31,32)33/h2-12,15,25-26,35H,13-14,16-18H2,1H3,(H,34,37)/t25-,26-/m0/s1. The van der Waals surface area contributed by atoms with E-state index in [2.05, 4.69) is 15.4 Å². The number of ether oxygens (including phenoxy) is 1. The highest BCUT2D eigenvalue weighted by Gasteiger charge is 2.34. The van der Waals surface area contributed by atoms with Crippen LogP contribution in [0.15, 0.2) is 72.8 Å². The number of halogens is 4. The lowest BCUT2D eigenvalue weighted by molar-refractivity contribution is -0.274. The Morgan fingerprint density at radius 3 is 2.36 bits per heavy atom. The Bertz CT molecular complexity index is 1280. The van der Waals surface area contributed by atoms with Crippen LogP contribution < -0.4 is 15.4 Å². The molecule has 6 nitrogen and oxygen atoms in total. The normalized spacial score (nSPS) is 17.5. The fourth-order valence-electron chi connectivity index (χ4n) is 4.78. The van der Waals surface area contributed by atoms with Gasteiger partial charge in [0.05, 0.1) is 6.54 Å². The summed E-state index contributed by atoms with van der Waals surface area (Å²) in [6.45, 7) is 2.15. The maximum atomic E-state index is 13.4. The first-order valence-corrected chi connectivity index (χ1v) is 12.5. The van der Waals surface area contributed by atoms with E-state index in [9.17, 15) is 27.2 Å². The van der Waals surface area contributed by atoms with E-state index >= 15 is 0 Å². The zero-order chi connectivity index (χ0) is 28.0. The van der Waals surface area contributed by atoms with Crippen molar-refractivity contribution in [1.29, 1.82) is 0 Å². The second kappa shape index (κ2) is 12.3. The number of rotatable bonds is 8. The lowest BCUT2D eigenvalue weighted by Gasteiger charge is -2.39. The molecule has 0 radical (unpaired) electrons. The summed E-state index contributed by atoms with van der Waals surface area (Å²) in [4.78, 5) is 25.6. The molecule has 0 aromatic heterocycles. The van der Waals surface area contributed by atoms with E-state index in [4.69, 9.17) is 0 Å². The number of carbonyl (C=O) groups is 2. The maximum absolute atomic E-state index is 13.4. The molecule has 2 amide bonds. The zero-order valence-electron chi connectivity index (χ0n) is 21.3. The average molecular weight is 544 g/mol. The molecule has 1 heterocycles. The fourth-order valence-corrected chi connectivity index (χ4v) is 4.78. The van der Waals surface area contributed by atoms with E-state index in [1.165, 1.54) is 31.2 Å². The number of alkyl halides is 3. The third-order valence-electron chi connectivity index (χ3n) is 6.70. The van der Waals surface area contributed by atoms with Crippen molar-refractivity contribution in [3.8, 4) is 16.9 Å². The van der Waals surface area contributed by atoms with E-state index in [0.29, 0.717) is 36.2 Å². The highest BCUT2D eigenvalue weighted by atomic mass is 19.4. The van der Waals surface area contributed by atoms with Gasteiger partial charge < -0.3 is 20.3 Å². The largest absolute Gasteiger partial charge is 0.573 e. The average Bonchev–Trinajstić information content (AvgIpc) is 2.91. The Morgan fingerprint density at radius 2 is 1.69 bits per heavy atom. The first-order chi connectivity index (χ1) is 18.6. The molecule has 2 N–H and O–H groups in total. The van der Waals surface area contributed by atoms with Gasteiger partial charge in [-0.3, -0.25) is 9.59 Å². The molecule has 0 bridgehead atoms. The van der Waals surface area contributed by atoms with Crippen molar-refractivity contribution in [3.63, 3.8) is 0 Å². The Hall–Kier alpha value is -3.92. The van der Waals surface area contributed by atoms with Gasteiger partial charge in [0.25, 0.3) is 0 Å². The number of hydrogen-bond acceptors (Lipinski definition) is 4. The van der Waals surface area contributed by atoms with Crippen LogP contribution in [0.25, 0.3) is 11.1 Å². The van der Waals surface area contributed by atoms with Crippen molar-refractivity contribution in [2.24, 2.45) is 0 Å². The molecule has 0 spiro atoms. The second-order valence-corrected chi connectivity index (χ2v) is 9.42. The van der Waals surface area contributed by atoms with Gasteiger partial charge in [-0.1, -0.05) is 48.5 Å². The van der Waals surface area contributed by atoms with Gasteiger partial charge in [-0.2, -0.15) is 0 Å². The smallest absolute Gasteiger partial charge is 0.405 e. The Balaban J connectivity index is 1.56. The maximum Gasteiger partial charge on any atom is 0.573 e. The number of benzene rings is 3. The molecular weight excluding hydrogens is 514 g/mol. The Kier molecular flexibility index (Phi) is 8.86. The number of hydrogen-bond donors (Lipinski definition) is 2. The molecule has 4 rings (SSSR count). The Morgan fingerprint density at radius 1 is 1.00 bits per heavy atom. The third-order valence-corrected chi connectivity index (χ3v) is 6.70. The minimum atomic E-state index is -4.86. The molecule has 3 aromatic carbocycles. The molecular formula is C29H29F4N3O3. The van der Waals surface area contributed by atoms with Crippen LogP contribution in [0.3, 0.4) is 0 Å². The minimum Gasteiger partial charge on any atom is -0.405 e. The lowest BCUT2D eigenvalue weighted by Crippen LogP contribution is -2.51. The van der Waals surface area contributed by atoms with Crippen LogP contribution in [0.4, 0.5) is 17.6 Å². The first-order valence-electron chi connectivity index (χ1n) is 12.5. The van der Waals surface area contributed by atoms with Crippen LogP contribution >= 0.6 is 0 Å². The SMILES string of the molecule is CC(=O)NCC(=O)N1CC[C@H](NCc2cc(-c3ccc(F)cc3)ccc2OC(F)(F)F)[C@H](c2ccccc2)C1. The molecule has 1 fully saturated rings. The van der Waals surface area contributed by atoms with E-state index in [0.717, 1.165) is 5.56 Å². The second-order valence-electron chi connectivity index (χ2n) is 9.42. The molecule has 39 heavy (non-hydrogen) atoms. The van der Waals surface area contributed by atoms with Crippen LogP contribution in [-0.2, 0) is 16.1 Å². The van der Waals surface area contributed by atoms with Gasteiger partial charge in [0.15, 0.2) is 0 Å². The summed E-state index contributed by atoms with van der Waals surface area (Å²) in [5.74, 6) is -1.35. The Labute approximate surface area is 224 Å². The van der Waals surface area contributed by atoms with Crippen LogP contribution in [0, 0.1) is 5.82 Å². The predicted molar refractivity (Wildman–Crippen MR) is 138 cm³/mol. The number of piperidine rings is 1. The molecule has 1 aliphatic rings. The number of carbonyl (C=O) groups excluding carboxylic acids is 2. The quantitative estimate of drug-likeness (QED) is 0.393. The van der Waals surface area contributed by atoms with E-state index < -0.39 is 12.2 Å². The summed E-state index contributed by atoms with van der Waals surface area (Å²) in [6, 6.07) is 19.5. The van der Waals surface area contributed by atoms with E-state index in [1.807, 2.05) is 30.3 Å². The molecule has 206 valence electrons. The van der Waals surface area contributed by atoms with Gasteiger partial charge in [-0.25, -0.2) is 4.39 Å². The molecule has 3 aromatic rings. The number of nitrogens with zero attached hydrogens (tertiary/aromatic N) is 1. The van der Waals surface area contributed by atoms with Gasteiger partial charge in [0.1, 0.15) is 11.6 Å². The van der Waals surface area contributed by atoms with Crippen molar-refractivity contribution >= 4 is 11.8 Å². The van der Waals surface area contributed by atoms with E-state index in [-0.39, 0.29) is 42.6 Å². The van der Waals surface area contributed by atoms with Crippen molar-refractivity contribution in [2.75, 3.05) is 19.6 Å². The van der Waals surface area contributed by atoms with Gasteiger partial charge in [-0.05, 0) is 47.4 Å². The summed E-state index contributed by atoms with van der Waals surface area (Å²) >= 11 is 0. The zero-order valence-corrected chi connectivity index (χ0v) is 21.3. The predicted octanol–water partition coefficient (Wildman–Crippen LogP) is 5.00. The summed E-state index contributed by atoms with van der Waals surface area (Å²) in [5.41, 5.74) is 2.56. The number of nitrogens with one attached hydrogen (secondary N) is 2. The molecule has 1 saturated heterocycles. The van der Waals surface area contributed by atoms with Crippen LogP contribution in [-0.4, -0.2) is 48.8 Å². The first kappa shape index (κ1) is 28.1. The van der Waals surface area contributed by atoms with Crippen LogP contribution in [0.2, 0.25) is 0 Å². The van der Waals surface area contributed by atoms with Crippen LogP contribution in [0.1, 0.15) is 30.4 Å². The fraction of sp³-hybridized carbons (Fsp3) is 0.310.